The largest absolute Gasteiger partial charge is 0.497 e. The Morgan fingerprint density at radius 3 is 2.27 bits per heavy atom. The van der Waals surface area contributed by atoms with Crippen LogP contribution in [-0.2, 0) is 22.6 Å². The smallest absolute Gasteiger partial charge is 0.224 e. The monoisotopic (exact) mass is 621 g/mol. The van der Waals surface area contributed by atoms with Gasteiger partial charge in [0.1, 0.15) is 17.4 Å². The summed E-state index contributed by atoms with van der Waals surface area (Å²) in [4.78, 5) is 29.0. The van der Waals surface area contributed by atoms with Crippen molar-refractivity contribution in [3.05, 3.63) is 101 Å². The molecule has 45 heavy (non-hydrogen) atoms. The molecule has 7 nitrogen and oxygen atoms in total. The lowest BCUT2D eigenvalue weighted by atomic mass is 10.00. The van der Waals surface area contributed by atoms with Crippen molar-refractivity contribution in [2.24, 2.45) is 11.8 Å². The van der Waals surface area contributed by atoms with Gasteiger partial charge in [0.25, 0.3) is 0 Å². The summed E-state index contributed by atoms with van der Waals surface area (Å²) < 4.78 is 33.4. The topological polar surface area (TPSA) is 90.9 Å². The first-order chi connectivity index (χ1) is 21.7. The predicted molar refractivity (Wildman–Crippen MR) is 171 cm³/mol. The van der Waals surface area contributed by atoms with E-state index in [4.69, 9.17) is 4.74 Å². The zero-order chi connectivity index (χ0) is 32.3. The first-order valence-electron chi connectivity index (χ1n) is 15.8. The molecule has 4 rings (SSSR count). The number of hydrogen-bond donors (Lipinski definition) is 3. The van der Waals surface area contributed by atoms with E-state index in [0.29, 0.717) is 30.9 Å². The van der Waals surface area contributed by atoms with Gasteiger partial charge in [-0.3, -0.25) is 9.59 Å². The fourth-order valence-electron chi connectivity index (χ4n) is 6.18. The van der Waals surface area contributed by atoms with E-state index in [1.54, 1.807) is 7.11 Å². The third kappa shape index (κ3) is 9.58. The van der Waals surface area contributed by atoms with Gasteiger partial charge in [-0.05, 0) is 72.1 Å². The average molecular weight is 622 g/mol. The number of amides is 2. The zero-order valence-corrected chi connectivity index (χ0v) is 26.3. The molecule has 0 spiro atoms. The molecule has 9 heteroatoms. The minimum absolute atomic E-state index is 0.0233. The Hall–Kier alpha value is -3.82. The third-order valence-corrected chi connectivity index (χ3v) is 8.39. The van der Waals surface area contributed by atoms with Crippen LogP contribution in [0.25, 0.3) is 0 Å². The molecule has 0 aromatic heterocycles. The number of hydrogen-bond acceptors (Lipinski definition) is 5. The van der Waals surface area contributed by atoms with Crippen LogP contribution in [0.2, 0.25) is 0 Å². The number of nitrogens with one attached hydrogen (secondary N) is 2. The van der Waals surface area contributed by atoms with Crippen LogP contribution in [0.15, 0.2) is 72.8 Å². The van der Waals surface area contributed by atoms with Gasteiger partial charge in [0.2, 0.25) is 11.8 Å². The van der Waals surface area contributed by atoms with Crippen molar-refractivity contribution in [1.29, 1.82) is 0 Å². The Bertz CT molecular complexity index is 1380. The van der Waals surface area contributed by atoms with E-state index in [0.717, 1.165) is 30.0 Å². The van der Waals surface area contributed by atoms with Crippen molar-refractivity contribution < 1.29 is 28.2 Å². The molecule has 5 atom stereocenters. The number of carbonyl (C=O) groups excluding carboxylic acids is 2. The fraction of sp³-hybridized carbons (Fsp3) is 0.444. The molecule has 1 saturated carbocycles. The number of rotatable bonds is 17. The second-order valence-corrected chi connectivity index (χ2v) is 11.9. The molecule has 0 radical (unpaired) electrons. The molecule has 0 bridgehead atoms. The molecule has 3 aromatic carbocycles. The lowest BCUT2D eigenvalue weighted by molar-refractivity contribution is -0.131. The zero-order valence-electron chi connectivity index (χ0n) is 26.3. The van der Waals surface area contributed by atoms with Gasteiger partial charge in [-0.2, -0.15) is 0 Å². The molecule has 242 valence electrons. The number of carbonyl (C=O) groups is 2. The van der Waals surface area contributed by atoms with Crippen LogP contribution >= 0.6 is 0 Å². The van der Waals surface area contributed by atoms with Gasteiger partial charge in [-0.15, -0.1) is 0 Å². The van der Waals surface area contributed by atoms with Gasteiger partial charge in [-0.1, -0.05) is 56.3 Å². The molecule has 1 fully saturated rings. The molecule has 2 amide bonds. The van der Waals surface area contributed by atoms with Crippen molar-refractivity contribution in [2.75, 3.05) is 26.7 Å². The van der Waals surface area contributed by atoms with Gasteiger partial charge < -0.3 is 25.4 Å². The van der Waals surface area contributed by atoms with Crippen LogP contribution in [0.4, 0.5) is 8.78 Å². The molecule has 0 aliphatic heterocycles. The Morgan fingerprint density at radius 2 is 1.62 bits per heavy atom. The molecule has 0 heterocycles. The Labute approximate surface area is 265 Å². The first kappa shape index (κ1) is 34.1. The highest BCUT2D eigenvalue weighted by Gasteiger charge is 2.56. The standard InChI is InChI=1S/C36H45F2N3O4/c1-4-14-41(15-5-2)33(43)21-30-34(26-11-7-6-8-12-26)35(30)36(44)40-31(19-25-16-27(37)20-28(38)17-25)32(42)23-39-22-24-10-9-13-29(18-24)45-3/h6-13,16-18,20,30-32,34-35,39,42H,4-5,14-15,19,21-23H2,1-3H3,(H,40,44)/t30-,31+,32+,34-,35+/m1/s1. The molecule has 3 N–H and O–H groups in total. The summed E-state index contributed by atoms with van der Waals surface area (Å²) in [5.74, 6) is -1.79. The molecule has 1 aliphatic rings. The van der Waals surface area contributed by atoms with Crippen molar-refractivity contribution in [1.82, 2.24) is 15.5 Å². The van der Waals surface area contributed by atoms with E-state index >= 15 is 0 Å². The minimum Gasteiger partial charge on any atom is -0.497 e. The first-order valence-corrected chi connectivity index (χ1v) is 15.8. The van der Waals surface area contributed by atoms with E-state index in [-0.39, 0.29) is 43.0 Å². The summed E-state index contributed by atoms with van der Waals surface area (Å²) in [6.45, 7) is 5.99. The van der Waals surface area contributed by atoms with Crippen molar-refractivity contribution in [3.63, 3.8) is 0 Å². The number of nitrogens with zero attached hydrogens (tertiary/aromatic N) is 1. The van der Waals surface area contributed by atoms with Gasteiger partial charge in [0, 0.05) is 44.6 Å². The number of ether oxygens (including phenoxy) is 1. The Kier molecular flexibility index (Phi) is 12.5. The fourth-order valence-corrected chi connectivity index (χ4v) is 6.18. The lowest BCUT2D eigenvalue weighted by Crippen LogP contribution is -2.49. The second-order valence-electron chi connectivity index (χ2n) is 11.9. The van der Waals surface area contributed by atoms with Gasteiger partial charge >= 0.3 is 0 Å². The maximum Gasteiger partial charge on any atom is 0.224 e. The molecular weight excluding hydrogens is 576 g/mol. The van der Waals surface area contributed by atoms with Gasteiger partial charge in [0.05, 0.1) is 19.3 Å². The Balaban J connectivity index is 1.50. The maximum absolute atomic E-state index is 14.1. The lowest BCUT2D eigenvalue weighted by Gasteiger charge is -2.25. The van der Waals surface area contributed by atoms with Crippen LogP contribution < -0.4 is 15.4 Å². The third-order valence-electron chi connectivity index (χ3n) is 8.39. The second kappa shape index (κ2) is 16.5. The Morgan fingerprint density at radius 1 is 0.933 bits per heavy atom. The van der Waals surface area contributed by atoms with Crippen LogP contribution in [0.1, 0.15) is 55.7 Å². The molecular formula is C36H45F2N3O4. The maximum atomic E-state index is 14.1. The van der Waals surface area contributed by atoms with E-state index in [9.17, 15) is 23.5 Å². The number of benzene rings is 3. The average Bonchev–Trinajstić information content (AvgIpc) is 3.74. The molecule has 0 saturated heterocycles. The summed E-state index contributed by atoms with van der Waals surface area (Å²) in [6.07, 6.45) is 0.921. The molecule has 1 aliphatic carbocycles. The number of halogens is 2. The number of methoxy groups -OCH3 is 1. The summed E-state index contributed by atoms with van der Waals surface area (Å²) in [6, 6.07) is 19.6. The highest BCUT2D eigenvalue weighted by Crippen LogP contribution is 2.56. The SMILES string of the molecule is CCCN(CCC)C(=O)C[C@H]1[C@H](C(=O)N[C@@H](Cc2cc(F)cc(F)c2)[C@@H](O)CNCc2cccc(OC)c2)[C@@H]1c1ccccc1. The van der Waals surface area contributed by atoms with E-state index in [1.807, 2.05) is 73.3 Å². The van der Waals surface area contributed by atoms with Crippen LogP contribution in [0, 0.1) is 23.5 Å². The van der Waals surface area contributed by atoms with E-state index < -0.39 is 29.7 Å². The summed E-state index contributed by atoms with van der Waals surface area (Å²) in [7, 11) is 1.59. The molecule has 3 aromatic rings. The van der Waals surface area contributed by atoms with E-state index in [1.165, 1.54) is 12.1 Å². The predicted octanol–water partition coefficient (Wildman–Crippen LogP) is 5.22. The van der Waals surface area contributed by atoms with Crippen molar-refractivity contribution >= 4 is 11.8 Å². The summed E-state index contributed by atoms with van der Waals surface area (Å²) >= 11 is 0. The van der Waals surface area contributed by atoms with E-state index in [2.05, 4.69) is 10.6 Å². The number of aliphatic hydroxyl groups is 1. The highest BCUT2D eigenvalue weighted by atomic mass is 19.1. The minimum atomic E-state index is -1.07. The summed E-state index contributed by atoms with van der Waals surface area (Å²) in [5.41, 5.74) is 2.25. The van der Waals surface area contributed by atoms with Crippen LogP contribution in [0.5, 0.6) is 5.75 Å². The quantitative estimate of drug-likeness (QED) is 0.192. The van der Waals surface area contributed by atoms with Crippen molar-refractivity contribution in [3.8, 4) is 5.75 Å². The normalized spacial score (nSPS) is 18.6. The van der Waals surface area contributed by atoms with Crippen molar-refractivity contribution in [2.45, 2.75) is 64.1 Å². The van der Waals surface area contributed by atoms with Gasteiger partial charge in [0.15, 0.2) is 0 Å². The van der Waals surface area contributed by atoms with Crippen LogP contribution in [-0.4, -0.2) is 60.7 Å². The summed E-state index contributed by atoms with van der Waals surface area (Å²) in [5, 5.41) is 17.5. The number of aliphatic hydroxyl groups excluding tert-OH is 1. The highest BCUT2D eigenvalue weighted by molar-refractivity contribution is 5.86. The molecule has 0 unspecified atom stereocenters. The van der Waals surface area contributed by atoms with Gasteiger partial charge in [-0.25, -0.2) is 8.78 Å². The van der Waals surface area contributed by atoms with Crippen LogP contribution in [0.3, 0.4) is 0 Å².